The molecule has 1 saturated heterocycles. The van der Waals surface area contributed by atoms with Crippen molar-refractivity contribution in [1.29, 1.82) is 0 Å². The Hall–Kier alpha value is -0.120. The average molecular weight is 198 g/mol. The number of nitrogens with zero attached hydrogens (tertiary/aromatic N) is 1. The SMILES string of the molecule is NC(CN1CCCOCC1)C1CCC1. The molecule has 0 radical (unpaired) electrons. The van der Waals surface area contributed by atoms with Gasteiger partial charge in [0.05, 0.1) is 6.61 Å². The first-order chi connectivity index (χ1) is 6.86. The first-order valence-corrected chi connectivity index (χ1v) is 5.92. The number of hydrogen-bond acceptors (Lipinski definition) is 3. The highest BCUT2D eigenvalue weighted by Gasteiger charge is 2.25. The van der Waals surface area contributed by atoms with Gasteiger partial charge >= 0.3 is 0 Å². The third-order valence-electron chi connectivity index (χ3n) is 3.54. The van der Waals surface area contributed by atoms with Crippen molar-refractivity contribution in [3.8, 4) is 0 Å². The monoisotopic (exact) mass is 198 g/mol. The predicted octanol–water partition coefficient (Wildman–Crippen LogP) is 0.836. The fraction of sp³-hybridized carbons (Fsp3) is 1.00. The maximum atomic E-state index is 6.18. The van der Waals surface area contributed by atoms with Crippen LogP contribution in [0.1, 0.15) is 25.7 Å². The van der Waals surface area contributed by atoms with Crippen LogP contribution in [0.15, 0.2) is 0 Å². The molecule has 1 aliphatic heterocycles. The normalized spacial score (nSPS) is 28.1. The molecule has 0 bridgehead atoms. The molecule has 2 rings (SSSR count). The van der Waals surface area contributed by atoms with Crippen LogP contribution < -0.4 is 5.73 Å². The van der Waals surface area contributed by atoms with Crippen molar-refractivity contribution < 1.29 is 4.74 Å². The van der Waals surface area contributed by atoms with E-state index in [1.165, 1.54) is 25.8 Å². The largest absolute Gasteiger partial charge is 0.380 e. The van der Waals surface area contributed by atoms with Gasteiger partial charge in [-0.05, 0) is 25.2 Å². The summed E-state index contributed by atoms with van der Waals surface area (Å²) in [6.45, 7) is 5.13. The van der Waals surface area contributed by atoms with E-state index in [-0.39, 0.29) is 0 Å². The summed E-state index contributed by atoms with van der Waals surface area (Å²) in [6.07, 6.45) is 5.26. The molecule has 1 aliphatic carbocycles. The third-order valence-corrected chi connectivity index (χ3v) is 3.54. The third kappa shape index (κ3) is 2.69. The molecule has 1 atom stereocenters. The molecule has 0 aromatic heterocycles. The number of ether oxygens (including phenoxy) is 1. The van der Waals surface area contributed by atoms with Crippen molar-refractivity contribution in [2.24, 2.45) is 11.7 Å². The summed E-state index contributed by atoms with van der Waals surface area (Å²) in [4.78, 5) is 2.47. The fourth-order valence-corrected chi connectivity index (χ4v) is 2.30. The summed E-state index contributed by atoms with van der Waals surface area (Å²) >= 11 is 0. The minimum absolute atomic E-state index is 0.404. The van der Waals surface area contributed by atoms with Crippen LogP contribution in [0.2, 0.25) is 0 Å². The zero-order valence-corrected chi connectivity index (χ0v) is 8.95. The number of hydrogen-bond donors (Lipinski definition) is 1. The maximum absolute atomic E-state index is 6.18. The van der Waals surface area contributed by atoms with Gasteiger partial charge in [-0.2, -0.15) is 0 Å². The molecule has 0 spiro atoms. The van der Waals surface area contributed by atoms with Gasteiger partial charge in [0.2, 0.25) is 0 Å². The van der Waals surface area contributed by atoms with Crippen LogP contribution in [0.25, 0.3) is 0 Å². The van der Waals surface area contributed by atoms with E-state index in [1.54, 1.807) is 0 Å². The Morgan fingerprint density at radius 2 is 2.07 bits per heavy atom. The molecule has 14 heavy (non-hydrogen) atoms. The number of rotatable bonds is 3. The van der Waals surface area contributed by atoms with E-state index in [1.807, 2.05) is 0 Å². The van der Waals surface area contributed by atoms with Gasteiger partial charge in [-0.15, -0.1) is 0 Å². The molecule has 0 aromatic carbocycles. The van der Waals surface area contributed by atoms with Crippen molar-refractivity contribution in [2.75, 3.05) is 32.8 Å². The molecule has 2 fully saturated rings. The molecular formula is C11H22N2O. The van der Waals surface area contributed by atoms with E-state index < -0.39 is 0 Å². The molecule has 1 heterocycles. The van der Waals surface area contributed by atoms with Gasteiger partial charge in [0.1, 0.15) is 0 Å². The van der Waals surface area contributed by atoms with Crippen LogP contribution in [0.4, 0.5) is 0 Å². The van der Waals surface area contributed by atoms with Gasteiger partial charge in [-0.25, -0.2) is 0 Å². The summed E-state index contributed by atoms with van der Waals surface area (Å²) in [6, 6.07) is 0.404. The lowest BCUT2D eigenvalue weighted by molar-refractivity contribution is 0.135. The Labute approximate surface area is 86.6 Å². The molecule has 0 aromatic rings. The molecule has 3 nitrogen and oxygen atoms in total. The van der Waals surface area contributed by atoms with E-state index in [9.17, 15) is 0 Å². The molecule has 1 saturated carbocycles. The van der Waals surface area contributed by atoms with E-state index >= 15 is 0 Å². The van der Waals surface area contributed by atoms with Crippen molar-refractivity contribution in [3.05, 3.63) is 0 Å². The van der Waals surface area contributed by atoms with Gasteiger partial charge < -0.3 is 10.5 Å². The Balaban J connectivity index is 1.71. The topological polar surface area (TPSA) is 38.5 Å². The van der Waals surface area contributed by atoms with Crippen LogP contribution >= 0.6 is 0 Å². The Morgan fingerprint density at radius 3 is 2.79 bits per heavy atom. The zero-order valence-electron chi connectivity index (χ0n) is 8.95. The molecular weight excluding hydrogens is 176 g/mol. The summed E-state index contributed by atoms with van der Waals surface area (Å²) in [5.74, 6) is 0.805. The van der Waals surface area contributed by atoms with Gasteiger partial charge in [-0.3, -0.25) is 4.90 Å². The van der Waals surface area contributed by atoms with Gasteiger partial charge in [0.15, 0.2) is 0 Å². The smallest absolute Gasteiger partial charge is 0.0593 e. The Bertz CT molecular complexity index is 163. The second kappa shape index (κ2) is 5.10. The maximum Gasteiger partial charge on any atom is 0.0593 e. The second-order valence-electron chi connectivity index (χ2n) is 4.62. The predicted molar refractivity (Wildman–Crippen MR) is 57.2 cm³/mol. The lowest BCUT2D eigenvalue weighted by Crippen LogP contribution is -2.45. The van der Waals surface area contributed by atoms with E-state index in [0.717, 1.165) is 38.6 Å². The Morgan fingerprint density at radius 1 is 1.21 bits per heavy atom. The standard InChI is InChI=1S/C11H22N2O/c12-11(10-3-1-4-10)9-13-5-2-7-14-8-6-13/h10-11H,1-9,12H2. The first kappa shape index (κ1) is 10.4. The van der Waals surface area contributed by atoms with Crippen molar-refractivity contribution >= 4 is 0 Å². The quantitative estimate of drug-likeness (QED) is 0.730. The minimum Gasteiger partial charge on any atom is -0.380 e. The van der Waals surface area contributed by atoms with Crippen molar-refractivity contribution in [3.63, 3.8) is 0 Å². The van der Waals surface area contributed by atoms with Crippen molar-refractivity contribution in [1.82, 2.24) is 4.90 Å². The Kier molecular flexibility index (Phi) is 3.79. The van der Waals surface area contributed by atoms with Crippen LogP contribution in [0.5, 0.6) is 0 Å². The summed E-state index contributed by atoms with van der Waals surface area (Å²) < 4.78 is 5.42. The molecule has 3 heteroatoms. The van der Waals surface area contributed by atoms with Crippen LogP contribution in [-0.2, 0) is 4.74 Å². The highest BCUT2D eigenvalue weighted by atomic mass is 16.5. The molecule has 0 amide bonds. The summed E-state index contributed by atoms with van der Waals surface area (Å²) in [5.41, 5.74) is 6.18. The lowest BCUT2D eigenvalue weighted by atomic mass is 9.80. The van der Waals surface area contributed by atoms with E-state index in [0.29, 0.717) is 6.04 Å². The van der Waals surface area contributed by atoms with Crippen molar-refractivity contribution in [2.45, 2.75) is 31.7 Å². The summed E-state index contributed by atoms with van der Waals surface area (Å²) in [5, 5.41) is 0. The first-order valence-electron chi connectivity index (χ1n) is 5.92. The fourth-order valence-electron chi connectivity index (χ4n) is 2.30. The average Bonchev–Trinajstić information content (AvgIpc) is 2.29. The van der Waals surface area contributed by atoms with Crippen LogP contribution in [0.3, 0.4) is 0 Å². The highest BCUT2D eigenvalue weighted by molar-refractivity contribution is 4.82. The molecule has 2 N–H and O–H groups in total. The zero-order chi connectivity index (χ0) is 9.80. The minimum atomic E-state index is 0.404. The van der Waals surface area contributed by atoms with Gasteiger partial charge in [-0.1, -0.05) is 6.42 Å². The van der Waals surface area contributed by atoms with Gasteiger partial charge in [0, 0.05) is 32.3 Å². The molecule has 1 unspecified atom stereocenters. The van der Waals surface area contributed by atoms with E-state index in [4.69, 9.17) is 10.5 Å². The highest BCUT2D eigenvalue weighted by Crippen LogP contribution is 2.28. The second-order valence-corrected chi connectivity index (χ2v) is 4.62. The molecule has 82 valence electrons. The summed E-state index contributed by atoms with van der Waals surface area (Å²) in [7, 11) is 0. The van der Waals surface area contributed by atoms with Gasteiger partial charge in [0.25, 0.3) is 0 Å². The van der Waals surface area contributed by atoms with Crippen LogP contribution in [-0.4, -0.2) is 43.8 Å². The molecule has 2 aliphatic rings. The number of nitrogens with two attached hydrogens (primary N) is 1. The van der Waals surface area contributed by atoms with Crippen LogP contribution in [0, 0.1) is 5.92 Å². The lowest BCUT2D eigenvalue weighted by Gasteiger charge is -2.34. The van der Waals surface area contributed by atoms with E-state index in [2.05, 4.69) is 4.90 Å².